The fraction of sp³-hybridized carbons (Fsp3) is 0.188. The predicted molar refractivity (Wildman–Crippen MR) is 85.9 cm³/mol. The van der Waals surface area contributed by atoms with Gasteiger partial charge in [0.25, 0.3) is 5.69 Å². The molecular weight excluding hydrogens is 282 g/mol. The van der Waals surface area contributed by atoms with Crippen molar-refractivity contribution in [1.29, 1.82) is 0 Å². The standard InChI is InChI=1S/C16H17N3O3/c1-11(13-6-4-3-5-7-13)17-15-9-8-14(19(21)22)10-16(15)18-12(2)20/h3-11,17H,1-2H3,(H,18,20). The molecular formula is C16H17N3O3. The summed E-state index contributed by atoms with van der Waals surface area (Å²) >= 11 is 0. The van der Waals surface area contributed by atoms with E-state index in [-0.39, 0.29) is 17.6 Å². The summed E-state index contributed by atoms with van der Waals surface area (Å²) in [6, 6.07) is 14.1. The number of nitrogens with zero attached hydrogens (tertiary/aromatic N) is 1. The third kappa shape index (κ3) is 3.82. The highest BCUT2D eigenvalue weighted by atomic mass is 16.6. The summed E-state index contributed by atoms with van der Waals surface area (Å²) in [5, 5.41) is 16.7. The average Bonchev–Trinajstić information content (AvgIpc) is 2.49. The van der Waals surface area contributed by atoms with Crippen LogP contribution in [-0.2, 0) is 4.79 Å². The monoisotopic (exact) mass is 299 g/mol. The molecule has 0 saturated heterocycles. The molecule has 1 unspecified atom stereocenters. The summed E-state index contributed by atoms with van der Waals surface area (Å²) in [5.74, 6) is -0.282. The third-order valence-electron chi connectivity index (χ3n) is 3.20. The van der Waals surface area contributed by atoms with Crippen molar-refractivity contribution >= 4 is 23.0 Å². The van der Waals surface area contributed by atoms with Crippen LogP contribution in [0.15, 0.2) is 48.5 Å². The zero-order valence-corrected chi connectivity index (χ0v) is 12.4. The molecule has 2 rings (SSSR count). The number of hydrogen-bond donors (Lipinski definition) is 2. The molecule has 6 nitrogen and oxygen atoms in total. The number of rotatable bonds is 5. The Morgan fingerprint density at radius 3 is 2.41 bits per heavy atom. The van der Waals surface area contributed by atoms with E-state index in [4.69, 9.17) is 0 Å². The highest BCUT2D eigenvalue weighted by molar-refractivity contribution is 5.93. The average molecular weight is 299 g/mol. The maximum atomic E-state index is 11.3. The number of nitro groups is 1. The van der Waals surface area contributed by atoms with E-state index in [0.717, 1.165) is 5.56 Å². The van der Waals surface area contributed by atoms with Crippen molar-refractivity contribution in [3.05, 3.63) is 64.2 Å². The van der Waals surface area contributed by atoms with Gasteiger partial charge in [0, 0.05) is 25.1 Å². The molecule has 0 aliphatic carbocycles. The number of non-ortho nitro benzene ring substituents is 1. The molecule has 0 radical (unpaired) electrons. The number of carbonyl (C=O) groups excluding carboxylic acids is 1. The number of nitrogens with one attached hydrogen (secondary N) is 2. The van der Waals surface area contributed by atoms with Crippen LogP contribution in [0.2, 0.25) is 0 Å². The molecule has 0 spiro atoms. The Labute approximate surface area is 128 Å². The van der Waals surface area contributed by atoms with Crippen LogP contribution in [0.5, 0.6) is 0 Å². The van der Waals surface area contributed by atoms with Crippen LogP contribution in [-0.4, -0.2) is 10.8 Å². The predicted octanol–water partition coefficient (Wildman–Crippen LogP) is 3.73. The van der Waals surface area contributed by atoms with Crippen LogP contribution in [0.25, 0.3) is 0 Å². The minimum Gasteiger partial charge on any atom is -0.377 e. The molecule has 0 bridgehead atoms. The molecule has 2 aromatic rings. The first-order valence-electron chi connectivity index (χ1n) is 6.85. The summed E-state index contributed by atoms with van der Waals surface area (Å²) < 4.78 is 0. The van der Waals surface area contributed by atoms with Gasteiger partial charge in [-0.3, -0.25) is 14.9 Å². The number of nitro benzene ring substituents is 1. The Bertz CT molecular complexity index is 686. The van der Waals surface area contributed by atoms with Crippen molar-refractivity contribution < 1.29 is 9.72 Å². The van der Waals surface area contributed by atoms with E-state index in [2.05, 4.69) is 10.6 Å². The van der Waals surface area contributed by atoms with Crippen LogP contribution >= 0.6 is 0 Å². The number of carbonyl (C=O) groups is 1. The number of hydrogen-bond acceptors (Lipinski definition) is 4. The Morgan fingerprint density at radius 1 is 1.14 bits per heavy atom. The van der Waals surface area contributed by atoms with E-state index < -0.39 is 4.92 Å². The first kappa shape index (κ1) is 15.5. The third-order valence-corrected chi connectivity index (χ3v) is 3.20. The van der Waals surface area contributed by atoms with Crippen molar-refractivity contribution in [3.63, 3.8) is 0 Å². The lowest BCUT2D eigenvalue weighted by Gasteiger charge is -2.18. The Morgan fingerprint density at radius 2 is 1.82 bits per heavy atom. The summed E-state index contributed by atoms with van der Waals surface area (Å²) in [5.41, 5.74) is 2.04. The van der Waals surface area contributed by atoms with Crippen LogP contribution in [0, 0.1) is 10.1 Å². The maximum absolute atomic E-state index is 11.3. The van der Waals surface area contributed by atoms with Gasteiger partial charge in [0.1, 0.15) is 0 Å². The van der Waals surface area contributed by atoms with Crippen molar-refractivity contribution in [2.24, 2.45) is 0 Å². The Kier molecular flexibility index (Phi) is 4.73. The topological polar surface area (TPSA) is 84.3 Å². The summed E-state index contributed by atoms with van der Waals surface area (Å²) in [4.78, 5) is 21.7. The second kappa shape index (κ2) is 6.71. The van der Waals surface area contributed by atoms with E-state index >= 15 is 0 Å². The van der Waals surface area contributed by atoms with Crippen LogP contribution in [0.1, 0.15) is 25.5 Å². The molecule has 0 heterocycles. The van der Waals surface area contributed by atoms with Crippen molar-refractivity contribution in [3.8, 4) is 0 Å². The van der Waals surface area contributed by atoms with Crippen LogP contribution in [0.4, 0.5) is 17.1 Å². The van der Waals surface area contributed by atoms with E-state index in [0.29, 0.717) is 11.4 Å². The largest absolute Gasteiger partial charge is 0.377 e. The Hall–Kier alpha value is -2.89. The van der Waals surface area contributed by atoms with E-state index in [1.807, 2.05) is 37.3 Å². The highest BCUT2D eigenvalue weighted by Gasteiger charge is 2.14. The molecule has 2 N–H and O–H groups in total. The van der Waals surface area contributed by atoms with Crippen molar-refractivity contribution in [2.45, 2.75) is 19.9 Å². The summed E-state index contributed by atoms with van der Waals surface area (Å²) in [7, 11) is 0. The molecule has 0 fully saturated rings. The molecule has 114 valence electrons. The quantitative estimate of drug-likeness (QED) is 0.651. The fourth-order valence-electron chi connectivity index (χ4n) is 2.12. The minimum atomic E-state index is -0.490. The lowest BCUT2D eigenvalue weighted by Crippen LogP contribution is -2.12. The van der Waals surface area contributed by atoms with Crippen LogP contribution in [0.3, 0.4) is 0 Å². The van der Waals surface area contributed by atoms with Gasteiger partial charge in [-0.2, -0.15) is 0 Å². The summed E-state index contributed by atoms with van der Waals surface area (Å²) in [6.45, 7) is 3.34. The minimum absolute atomic E-state index is 0.00448. The first-order chi connectivity index (χ1) is 10.5. The van der Waals surface area contributed by atoms with E-state index in [9.17, 15) is 14.9 Å². The Balaban J connectivity index is 2.29. The molecule has 1 atom stereocenters. The maximum Gasteiger partial charge on any atom is 0.271 e. The van der Waals surface area contributed by atoms with Gasteiger partial charge in [-0.1, -0.05) is 30.3 Å². The van der Waals surface area contributed by atoms with Gasteiger partial charge < -0.3 is 10.6 Å². The fourth-order valence-corrected chi connectivity index (χ4v) is 2.12. The highest BCUT2D eigenvalue weighted by Crippen LogP contribution is 2.30. The van der Waals surface area contributed by atoms with Gasteiger partial charge in [0.15, 0.2) is 0 Å². The molecule has 22 heavy (non-hydrogen) atoms. The smallest absolute Gasteiger partial charge is 0.271 e. The van der Waals surface area contributed by atoms with Crippen molar-refractivity contribution in [2.75, 3.05) is 10.6 Å². The second-order valence-corrected chi connectivity index (χ2v) is 4.94. The van der Waals surface area contributed by atoms with E-state index in [1.165, 1.54) is 19.1 Å². The zero-order valence-electron chi connectivity index (χ0n) is 12.4. The van der Waals surface area contributed by atoms with Gasteiger partial charge >= 0.3 is 0 Å². The SMILES string of the molecule is CC(=O)Nc1cc([N+](=O)[O-])ccc1NC(C)c1ccccc1. The van der Waals surface area contributed by atoms with Gasteiger partial charge in [-0.25, -0.2) is 0 Å². The molecule has 0 aliphatic rings. The molecule has 2 aromatic carbocycles. The normalized spacial score (nSPS) is 11.5. The van der Waals surface area contributed by atoms with E-state index in [1.54, 1.807) is 6.07 Å². The zero-order chi connectivity index (χ0) is 16.1. The first-order valence-corrected chi connectivity index (χ1v) is 6.85. The number of anilines is 2. The molecule has 1 amide bonds. The lowest BCUT2D eigenvalue weighted by atomic mass is 10.1. The van der Waals surface area contributed by atoms with Crippen molar-refractivity contribution in [1.82, 2.24) is 0 Å². The second-order valence-electron chi connectivity index (χ2n) is 4.94. The van der Waals surface area contributed by atoms with Crippen LogP contribution < -0.4 is 10.6 Å². The van der Waals surface area contributed by atoms with Gasteiger partial charge in [-0.15, -0.1) is 0 Å². The van der Waals surface area contributed by atoms with Gasteiger partial charge in [-0.05, 0) is 18.6 Å². The molecule has 0 aromatic heterocycles. The van der Waals surface area contributed by atoms with Gasteiger partial charge in [0.05, 0.1) is 16.3 Å². The molecule has 0 saturated carbocycles. The lowest BCUT2D eigenvalue weighted by molar-refractivity contribution is -0.384. The van der Waals surface area contributed by atoms with Gasteiger partial charge in [0.2, 0.25) is 5.91 Å². The number of benzene rings is 2. The number of amides is 1. The molecule has 6 heteroatoms. The summed E-state index contributed by atoms with van der Waals surface area (Å²) in [6.07, 6.45) is 0. The molecule has 0 aliphatic heterocycles.